The van der Waals surface area contributed by atoms with Gasteiger partial charge < -0.3 is 9.64 Å². The number of halogens is 1. The van der Waals surface area contributed by atoms with Crippen molar-refractivity contribution in [2.45, 2.75) is 32.8 Å². The molecule has 19 heavy (non-hydrogen) atoms. The molecule has 1 aromatic heterocycles. The topological polar surface area (TPSA) is 42.4 Å². The highest BCUT2D eigenvalue weighted by molar-refractivity contribution is 6.29. The third-order valence-electron chi connectivity index (χ3n) is 3.17. The molecule has 0 atom stereocenters. The third-order valence-corrected chi connectivity index (χ3v) is 3.36. The van der Waals surface area contributed by atoms with Crippen molar-refractivity contribution in [3.8, 4) is 0 Å². The van der Waals surface area contributed by atoms with Gasteiger partial charge in [-0.15, -0.1) is 0 Å². The van der Waals surface area contributed by atoms with Gasteiger partial charge in [0.15, 0.2) is 0 Å². The molecule has 5 heteroatoms. The van der Waals surface area contributed by atoms with E-state index in [1.54, 1.807) is 6.07 Å². The number of rotatable bonds is 2. The van der Waals surface area contributed by atoms with E-state index in [2.05, 4.69) is 4.98 Å². The average molecular weight is 283 g/mol. The SMILES string of the molecule is CCc1cc(C(=O)N2CCOC(C)(C)C2)cc(Cl)n1. The molecule has 104 valence electrons. The van der Waals surface area contributed by atoms with E-state index in [1.807, 2.05) is 31.7 Å². The van der Waals surface area contributed by atoms with Crippen LogP contribution in [-0.4, -0.2) is 41.1 Å². The van der Waals surface area contributed by atoms with E-state index < -0.39 is 0 Å². The predicted octanol–water partition coefficient (Wildman–Crippen LogP) is 2.55. The van der Waals surface area contributed by atoms with Gasteiger partial charge >= 0.3 is 0 Å². The summed E-state index contributed by atoms with van der Waals surface area (Å²) >= 11 is 5.96. The Morgan fingerprint density at radius 2 is 2.26 bits per heavy atom. The number of hydrogen-bond acceptors (Lipinski definition) is 3. The van der Waals surface area contributed by atoms with Crippen molar-refractivity contribution < 1.29 is 9.53 Å². The molecule has 0 saturated carbocycles. The fourth-order valence-electron chi connectivity index (χ4n) is 2.23. The molecule has 1 saturated heterocycles. The number of hydrogen-bond donors (Lipinski definition) is 0. The Bertz CT molecular complexity index is 488. The molecule has 0 aromatic carbocycles. The minimum Gasteiger partial charge on any atom is -0.372 e. The van der Waals surface area contributed by atoms with Gasteiger partial charge in [0.1, 0.15) is 5.15 Å². The lowest BCUT2D eigenvalue weighted by Gasteiger charge is -2.38. The molecule has 1 aliphatic rings. The maximum atomic E-state index is 12.5. The normalized spacial score (nSPS) is 18.4. The van der Waals surface area contributed by atoms with Crippen molar-refractivity contribution in [2.24, 2.45) is 0 Å². The summed E-state index contributed by atoms with van der Waals surface area (Å²) < 4.78 is 5.62. The van der Waals surface area contributed by atoms with Gasteiger partial charge in [0.25, 0.3) is 5.91 Å². The highest BCUT2D eigenvalue weighted by atomic mass is 35.5. The molecule has 1 amide bonds. The van der Waals surface area contributed by atoms with Crippen molar-refractivity contribution in [3.05, 3.63) is 28.5 Å². The number of morpholine rings is 1. The molecule has 0 unspecified atom stereocenters. The number of carbonyl (C=O) groups is 1. The molecule has 1 aromatic rings. The van der Waals surface area contributed by atoms with E-state index in [0.717, 1.165) is 12.1 Å². The first-order valence-corrected chi connectivity index (χ1v) is 6.89. The van der Waals surface area contributed by atoms with E-state index in [-0.39, 0.29) is 11.5 Å². The fraction of sp³-hybridized carbons (Fsp3) is 0.571. The molecular formula is C14H19ClN2O2. The van der Waals surface area contributed by atoms with Crippen LogP contribution < -0.4 is 0 Å². The molecule has 0 spiro atoms. The van der Waals surface area contributed by atoms with Crippen LogP contribution in [0.2, 0.25) is 5.15 Å². The molecule has 1 aliphatic heterocycles. The Balaban J connectivity index is 2.21. The standard InChI is InChI=1S/C14H19ClN2O2/c1-4-11-7-10(8-12(15)16-11)13(18)17-5-6-19-14(2,3)9-17/h7-8H,4-6,9H2,1-3H3. The molecule has 2 rings (SSSR count). The Kier molecular flexibility index (Phi) is 4.11. The van der Waals surface area contributed by atoms with Crippen LogP contribution in [0.5, 0.6) is 0 Å². The lowest BCUT2D eigenvalue weighted by molar-refractivity contribution is -0.0764. The second-order valence-corrected chi connectivity index (χ2v) is 5.75. The lowest BCUT2D eigenvalue weighted by Crippen LogP contribution is -2.50. The zero-order valence-corrected chi connectivity index (χ0v) is 12.3. The fourth-order valence-corrected chi connectivity index (χ4v) is 2.45. The van der Waals surface area contributed by atoms with E-state index in [4.69, 9.17) is 16.3 Å². The van der Waals surface area contributed by atoms with Crippen LogP contribution in [0.4, 0.5) is 0 Å². The summed E-state index contributed by atoms with van der Waals surface area (Å²) in [5.41, 5.74) is 1.15. The van der Waals surface area contributed by atoms with Crippen molar-refractivity contribution in [1.82, 2.24) is 9.88 Å². The minimum absolute atomic E-state index is 0.00428. The van der Waals surface area contributed by atoms with E-state index in [1.165, 1.54) is 0 Å². The van der Waals surface area contributed by atoms with Gasteiger partial charge in [-0.25, -0.2) is 4.98 Å². The largest absolute Gasteiger partial charge is 0.372 e. The number of pyridine rings is 1. The molecule has 4 nitrogen and oxygen atoms in total. The zero-order chi connectivity index (χ0) is 14.0. The summed E-state index contributed by atoms with van der Waals surface area (Å²) in [6.45, 7) is 7.74. The molecule has 0 aliphatic carbocycles. The van der Waals surface area contributed by atoms with Crippen LogP contribution in [-0.2, 0) is 11.2 Å². The smallest absolute Gasteiger partial charge is 0.254 e. The summed E-state index contributed by atoms with van der Waals surface area (Å²) in [6, 6.07) is 3.45. The van der Waals surface area contributed by atoms with Gasteiger partial charge in [-0.1, -0.05) is 18.5 Å². The van der Waals surface area contributed by atoms with Crippen LogP contribution in [0.3, 0.4) is 0 Å². The predicted molar refractivity (Wildman–Crippen MR) is 74.6 cm³/mol. The molecule has 0 bridgehead atoms. The number of ether oxygens (including phenoxy) is 1. The number of aromatic nitrogens is 1. The summed E-state index contributed by atoms with van der Waals surface area (Å²) in [4.78, 5) is 18.5. The maximum absolute atomic E-state index is 12.5. The van der Waals surface area contributed by atoms with Crippen LogP contribution in [0, 0.1) is 0 Å². The first kappa shape index (κ1) is 14.3. The quantitative estimate of drug-likeness (QED) is 0.783. The molecule has 2 heterocycles. The van der Waals surface area contributed by atoms with E-state index in [0.29, 0.717) is 30.4 Å². The number of nitrogens with zero attached hydrogens (tertiary/aromatic N) is 2. The Hall–Kier alpha value is -1.13. The minimum atomic E-state index is -0.293. The molecule has 0 N–H and O–H groups in total. The number of carbonyl (C=O) groups excluding carboxylic acids is 1. The molecular weight excluding hydrogens is 264 g/mol. The zero-order valence-electron chi connectivity index (χ0n) is 11.6. The van der Waals surface area contributed by atoms with Gasteiger partial charge in [-0.2, -0.15) is 0 Å². The summed E-state index contributed by atoms with van der Waals surface area (Å²) in [7, 11) is 0. The summed E-state index contributed by atoms with van der Waals surface area (Å²) in [5.74, 6) is -0.00428. The van der Waals surface area contributed by atoms with Gasteiger partial charge in [0, 0.05) is 24.3 Å². The van der Waals surface area contributed by atoms with Crippen molar-refractivity contribution >= 4 is 17.5 Å². The van der Waals surface area contributed by atoms with Crippen LogP contribution in [0.15, 0.2) is 12.1 Å². The first-order chi connectivity index (χ1) is 8.91. The number of aryl methyl sites for hydroxylation is 1. The highest BCUT2D eigenvalue weighted by Gasteiger charge is 2.30. The summed E-state index contributed by atoms with van der Waals surface area (Å²) in [5, 5.41) is 0.371. The Morgan fingerprint density at radius 3 is 2.89 bits per heavy atom. The molecule has 0 radical (unpaired) electrons. The molecule has 1 fully saturated rings. The first-order valence-electron chi connectivity index (χ1n) is 6.51. The van der Waals surface area contributed by atoms with Crippen molar-refractivity contribution in [3.63, 3.8) is 0 Å². The highest BCUT2D eigenvalue weighted by Crippen LogP contribution is 2.20. The van der Waals surface area contributed by atoms with Gasteiger partial charge in [0.05, 0.1) is 12.2 Å². The van der Waals surface area contributed by atoms with E-state index >= 15 is 0 Å². The van der Waals surface area contributed by atoms with Crippen LogP contribution in [0.1, 0.15) is 36.8 Å². The average Bonchev–Trinajstić information content (AvgIpc) is 2.35. The number of amides is 1. The van der Waals surface area contributed by atoms with Gasteiger partial charge in [0.2, 0.25) is 0 Å². The monoisotopic (exact) mass is 282 g/mol. The lowest BCUT2D eigenvalue weighted by atomic mass is 10.1. The van der Waals surface area contributed by atoms with Gasteiger partial charge in [-0.05, 0) is 32.4 Å². The van der Waals surface area contributed by atoms with Crippen LogP contribution in [0.25, 0.3) is 0 Å². The van der Waals surface area contributed by atoms with Gasteiger partial charge in [-0.3, -0.25) is 4.79 Å². The Morgan fingerprint density at radius 1 is 1.53 bits per heavy atom. The summed E-state index contributed by atoms with van der Waals surface area (Å²) in [6.07, 6.45) is 0.759. The third kappa shape index (κ3) is 3.45. The maximum Gasteiger partial charge on any atom is 0.254 e. The van der Waals surface area contributed by atoms with Crippen LogP contribution >= 0.6 is 11.6 Å². The second-order valence-electron chi connectivity index (χ2n) is 5.36. The Labute approximate surface area is 118 Å². The van der Waals surface area contributed by atoms with E-state index in [9.17, 15) is 4.79 Å². The second kappa shape index (κ2) is 5.47. The van der Waals surface area contributed by atoms with Crippen molar-refractivity contribution in [2.75, 3.05) is 19.7 Å². The van der Waals surface area contributed by atoms with Crippen molar-refractivity contribution in [1.29, 1.82) is 0 Å².